The van der Waals surface area contributed by atoms with Crippen molar-refractivity contribution in [2.45, 2.75) is 6.42 Å². The number of hydrogen-bond donors (Lipinski definition) is 1. The van der Waals surface area contributed by atoms with E-state index in [-0.39, 0.29) is 35.4 Å². The minimum atomic E-state index is -1.03. The molecule has 170 valence electrons. The van der Waals surface area contributed by atoms with Crippen LogP contribution in [0.15, 0.2) is 40.1 Å². The summed E-state index contributed by atoms with van der Waals surface area (Å²) in [4.78, 5) is 65.0. The average molecular weight is 456 g/mol. The summed E-state index contributed by atoms with van der Waals surface area (Å²) in [6, 6.07) is 4.46. The van der Waals surface area contributed by atoms with Gasteiger partial charge >= 0.3 is 11.4 Å². The summed E-state index contributed by atoms with van der Waals surface area (Å²) < 4.78 is 15.7. The quantitative estimate of drug-likeness (QED) is 0.448. The van der Waals surface area contributed by atoms with E-state index >= 15 is 0 Å². The summed E-state index contributed by atoms with van der Waals surface area (Å²) in [5.74, 6) is -2.79. The van der Waals surface area contributed by atoms with Gasteiger partial charge in [0.05, 0.1) is 33.8 Å². The van der Waals surface area contributed by atoms with Gasteiger partial charge in [-0.05, 0) is 18.2 Å². The number of nitrogens with one attached hydrogen (secondary N) is 1. The summed E-state index contributed by atoms with van der Waals surface area (Å²) in [6.45, 7) is -0.0648. The lowest BCUT2D eigenvalue weighted by atomic mass is 10.1. The van der Waals surface area contributed by atoms with E-state index in [1.807, 2.05) is 0 Å². The Morgan fingerprint density at radius 3 is 2.64 bits per heavy atom. The molecule has 13 heteroatoms. The lowest BCUT2D eigenvalue weighted by molar-refractivity contribution is -0.387. The van der Waals surface area contributed by atoms with Crippen molar-refractivity contribution < 1.29 is 18.9 Å². The number of aryl methyl sites for hydroxylation is 1. The molecule has 0 radical (unpaired) electrons. The summed E-state index contributed by atoms with van der Waals surface area (Å²) in [5.41, 5.74) is -1.42. The van der Waals surface area contributed by atoms with Crippen molar-refractivity contribution in [2.24, 2.45) is 20.0 Å². The Morgan fingerprint density at radius 1 is 1.21 bits per heavy atom. The van der Waals surface area contributed by atoms with Crippen LogP contribution in [0.1, 0.15) is 6.42 Å². The molecular weight excluding hydrogens is 439 g/mol. The van der Waals surface area contributed by atoms with Gasteiger partial charge in [-0.3, -0.25) is 33.6 Å². The molecule has 1 aromatic carbocycles. The van der Waals surface area contributed by atoms with Gasteiger partial charge in [0.15, 0.2) is 0 Å². The Kier molecular flexibility index (Phi) is 5.24. The number of benzene rings is 1. The number of hydrogen-bond acceptors (Lipinski definition) is 7. The zero-order chi connectivity index (χ0) is 24.0. The molecule has 0 aliphatic carbocycles. The molecule has 3 aromatic rings. The molecule has 1 aliphatic rings. The predicted molar refractivity (Wildman–Crippen MR) is 114 cm³/mol. The summed E-state index contributed by atoms with van der Waals surface area (Å²) >= 11 is 0. The highest BCUT2D eigenvalue weighted by molar-refractivity contribution is 6.04. The number of carbonyl (C=O) groups is 2. The predicted octanol–water partition coefficient (Wildman–Crippen LogP) is 0.671. The van der Waals surface area contributed by atoms with E-state index in [4.69, 9.17) is 0 Å². The highest BCUT2D eigenvalue weighted by Crippen LogP contribution is 2.30. The average Bonchev–Trinajstić information content (AvgIpc) is 3.18. The van der Waals surface area contributed by atoms with Crippen LogP contribution in [0, 0.1) is 21.8 Å². The molecule has 0 bridgehead atoms. The molecule has 2 aromatic heterocycles. The number of fused-ring (bicyclic) bond motifs is 1. The van der Waals surface area contributed by atoms with E-state index in [0.29, 0.717) is 0 Å². The fourth-order valence-corrected chi connectivity index (χ4v) is 3.72. The van der Waals surface area contributed by atoms with Crippen LogP contribution in [0.4, 0.5) is 21.5 Å². The van der Waals surface area contributed by atoms with E-state index in [1.54, 1.807) is 0 Å². The molecule has 33 heavy (non-hydrogen) atoms. The number of halogens is 1. The van der Waals surface area contributed by atoms with Crippen molar-refractivity contribution in [3.05, 3.63) is 67.2 Å². The number of anilines is 2. The Bertz CT molecular complexity index is 1460. The normalized spacial score (nSPS) is 15.8. The van der Waals surface area contributed by atoms with Crippen LogP contribution in [0.2, 0.25) is 0 Å². The Hall–Kier alpha value is -4.42. The van der Waals surface area contributed by atoms with Crippen LogP contribution >= 0.6 is 0 Å². The molecule has 1 N–H and O–H groups in total. The number of amides is 2. The molecular formula is C20H17FN6O6. The first-order valence-electron chi connectivity index (χ1n) is 9.69. The van der Waals surface area contributed by atoms with E-state index < -0.39 is 45.4 Å². The molecule has 2 amide bonds. The Morgan fingerprint density at radius 2 is 1.94 bits per heavy atom. The molecule has 3 heterocycles. The standard InChI is InChI=1S/C20H17FN6O6/c1-24-17-13(19(30)25(2)20(24)31)6-11(8-22-17)23-18(29)10-5-16(28)26(9-10)12-3-4-14(21)15(7-12)27(32)33/h3-4,6-8,10H,5,9H2,1-2H3,(H,23,29). The fourth-order valence-electron chi connectivity index (χ4n) is 3.72. The second-order valence-corrected chi connectivity index (χ2v) is 7.59. The number of nitrogens with zero attached hydrogens (tertiary/aromatic N) is 5. The van der Waals surface area contributed by atoms with Gasteiger partial charge < -0.3 is 10.2 Å². The number of nitro groups is 1. The number of nitro benzene ring substituents is 1. The van der Waals surface area contributed by atoms with Crippen molar-refractivity contribution >= 4 is 39.9 Å². The summed E-state index contributed by atoms with van der Waals surface area (Å²) in [5, 5.41) is 13.7. The van der Waals surface area contributed by atoms with Crippen molar-refractivity contribution in [2.75, 3.05) is 16.8 Å². The van der Waals surface area contributed by atoms with Crippen molar-refractivity contribution in [1.29, 1.82) is 0 Å². The zero-order valence-electron chi connectivity index (χ0n) is 17.4. The van der Waals surface area contributed by atoms with Gasteiger partial charge in [-0.2, -0.15) is 4.39 Å². The topological polar surface area (TPSA) is 149 Å². The first-order valence-corrected chi connectivity index (χ1v) is 9.69. The third-order valence-electron chi connectivity index (χ3n) is 5.49. The molecule has 12 nitrogen and oxygen atoms in total. The van der Waals surface area contributed by atoms with Crippen LogP contribution < -0.4 is 21.5 Å². The molecule has 0 saturated carbocycles. The second-order valence-electron chi connectivity index (χ2n) is 7.59. The lowest BCUT2D eigenvalue weighted by Crippen LogP contribution is -2.37. The van der Waals surface area contributed by atoms with Crippen molar-refractivity contribution in [3.8, 4) is 0 Å². The largest absolute Gasteiger partial charge is 0.332 e. The van der Waals surface area contributed by atoms with Gasteiger partial charge in [0.2, 0.25) is 17.6 Å². The second kappa shape index (κ2) is 7.93. The molecule has 1 fully saturated rings. The minimum Gasteiger partial charge on any atom is -0.324 e. The van der Waals surface area contributed by atoms with Crippen LogP contribution in [-0.4, -0.2) is 37.4 Å². The Balaban J connectivity index is 1.57. The first-order chi connectivity index (χ1) is 15.6. The van der Waals surface area contributed by atoms with E-state index in [1.165, 1.54) is 41.9 Å². The highest BCUT2D eigenvalue weighted by atomic mass is 19.1. The SMILES string of the molecule is Cn1c(=O)c2cc(NC(=O)C3CC(=O)N(c4ccc(F)c([N+](=O)[O-])c4)C3)cnc2n(C)c1=O. The molecule has 0 spiro atoms. The number of aromatic nitrogens is 3. The molecule has 1 atom stereocenters. The van der Waals surface area contributed by atoms with Crippen LogP contribution in [0.3, 0.4) is 0 Å². The van der Waals surface area contributed by atoms with Crippen LogP contribution in [0.5, 0.6) is 0 Å². The van der Waals surface area contributed by atoms with Gasteiger partial charge in [0.25, 0.3) is 5.56 Å². The van der Waals surface area contributed by atoms with Crippen LogP contribution in [-0.2, 0) is 23.7 Å². The third-order valence-corrected chi connectivity index (χ3v) is 5.49. The van der Waals surface area contributed by atoms with Gasteiger partial charge in [0.1, 0.15) is 5.65 Å². The highest BCUT2D eigenvalue weighted by Gasteiger charge is 2.36. The summed E-state index contributed by atoms with van der Waals surface area (Å²) in [6.07, 6.45) is 1.13. The zero-order valence-corrected chi connectivity index (χ0v) is 17.4. The molecule has 4 rings (SSSR count). The smallest absolute Gasteiger partial charge is 0.324 e. The first kappa shape index (κ1) is 21.8. The van der Waals surface area contributed by atoms with E-state index in [0.717, 1.165) is 16.7 Å². The molecule has 1 saturated heterocycles. The third kappa shape index (κ3) is 3.73. The van der Waals surface area contributed by atoms with E-state index in [9.17, 15) is 33.7 Å². The maximum atomic E-state index is 13.6. The van der Waals surface area contributed by atoms with Gasteiger partial charge in [-0.25, -0.2) is 9.78 Å². The maximum absolute atomic E-state index is 13.6. The molecule has 1 aliphatic heterocycles. The summed E-state index contributed by atoms with van der Waals surface area (Å²) in [7, 11) is 2.79. The minimum absolute atomic E-state index is 0.0648. The van der Waals surface area contributed by atoms with Crippen molar-refractivity contribution in [3.63, 3.8) is 0 Å². The lowest BCUT2D eigenvalue weighted by Gasteiger charge is -2.16. The Labute approximate surface area is 184 Å². The monoisotopic (exact) mass is 456 g/mol. The number of rotatable bonds is 4. The van der Waals surface area contributed by atoms with Crippen molar-refractivity contribution in [1.82, 2.24) is 14.1 Å². The fraction of sp³-hybridized carbons (Fsp3) is 0.250. The van der Waals surface area contributed by atoms with Gasteiger partial charge in [-0.1, -0.05) is 0 Å². The maximum Gasteiger partial charge on any atom is 0.332 e. The number of pyridine rings is 1. The van der Waals surface area contributed by atoms with Crippen LogP contribution in [0.25, 0.3) is 11.0 Å². The van der Waals surface area contributed by atoms with E-state index in [2.05, 4.69) is 10.3 Å². The van der Waals surface area contributed by atoms with Gasteiger partial charge in [0, 0.05) is 33.1 Å². The molecule has 1 unspecified atom stereocenters. The van der Waals surface area contributed by atoms with Gasteiger partial charge in [-0.15, -0.1) is 0 Å². The number of carbonyl (C=O) groups excluding carboxylic acids is 2.